The van der Waals surface area contributed by atoms with E-state index in [0.717, 1.165) is 51.4 Å². The summed E-state index contributed by atoms with van der Waals surface area (Å²) >= 11 is -4.45. The van der Waals surface area contributed by atoms with E-state index in [-0.39, 0.29) is 11.1 Å². The van der Waals surface area contributed by atoms with Gasteiger partial charge in [0.25, 0.3) is 0 Å². The first kappa shape index (κ1) is 36.6. The van der Waals surface area contributed by atoms with Crippen LogP contribution < -0.4 is 18.9 Å². The second-order valence-corrected chi connectivity index (χ2v) is 20.0. The molecule has 0 fully saturated rings. The van der Waals surface area contributed by atoms with Crippen molar-refractivity contribution in [3.8, 4) is 23.0 Å². The summed E-state index contributed by atoms with van der Waals surface area (Å²) in [4.78, 5) is 27.7. The van der Waals surface area contributed by atoms with Gasteiger partial charge in [-0.1, -0.05) is 0 Å². The fourth-order valence-electron chi connectivity index (χ4n) is 5.24. The molecule has 2 aromatic carbocycles. The van der Waals surface area contributed by atoms with Gasteiger partial charge in [0.2, 0.25) is 0 Å². The second-order valence-electron chi connectivity index (χ2n) is 10.8. The first-order valence-electron chi connectivity index (χ1n) is 15.8. The van der Waals surface area contributed by atoms with Crippen LogP contribution in [0, 0.1) is 0 Å². The van der Waals surface area contributed by atoms with Crippen LogP contribution in [0.1, 0.15) is 112 Å². The summed E-state index contributed by atoms with van der Waals surface area (Å²) in [6, 6.07) is 10.2. The number of hydrogen-bond acceptors (Lipinski definition) is 8. The van der Waals surface area contributed by atoms with Crippen molar-refractivity contribution in [1.82, 2.24) is 0 Å². The molecule has 2 rings (SSSR count). The topological polar surface area (TPSA) is 89.5 Å². The molecule has 0 N–H and O–H groups in total. The van der Waals surface area contributed by atoms with Gasteiger partial charge in [0.05, 0.1) is 0 Å². The second kappa shape index (κ2) is 20.4. The Bertz CT molecular complexity index is 1030. The first-order valence-corrected chi connectivity index (χ1v) is 22.2. The number of benzene rings is 2. The molecule has 0 unspecified atom stereocenters. The molecule has 43 heavy (non-hydrogen) atoms. The summed E-state index contributed by atoms with van der Waals surface area (Å²) in [5, 5.41) is 0. The molecule has 0 saturated heterocycles. The Kier molecular flexibility index (Phi) is 17.3. The van der Waals surface area contributed by atoms with Crippen LogP contribution in [0.4, 0.5) is 0 Å². The molecule has 0 radical (unpaired) electrons. The van der Waals surface area contributed by atoms with Crippen molar-refractivity contribution in [2.75, 3.05) is 28.4 Å². The van der Waals surface area contributed by atoms with Crippen LogP contribution in [-0.2, 0) is 6.15 Å². The van der Waals surface area contributed by atoms with E-state index >= 15 is 0 Å². The van der Waals surface area contributed by atoms with Gasteiger partial charge in [0, 0.05) is 0 Å². The summed E-state index contributed by atoms with van der Waals surface area (Å²) in [7, 11) is 6.04. The molecule has 240 valence electrons. The zero-order valence-corrected chi connectivity index (χ0v) is 30.0. The number of hydrogen-bond donors (Lipinski definition) is 0. The third kappa shape index (κ3) is 11.4. The number of rotatable bonds is 22. The zero-order valence-electron chi connectivity index (χ0n) is 27.1. The van der Waals surface area contributed by atoms with Crippen molar-refractivity contribution < 1.29 is 34.7 Å². The Labute approximate surface area is 263 Å². The molecule has 0 amide bonds. The molecular weight excluding hydrogens is 655 g/mol. The maximum absolute atomic E-state index is 13.9. The van der Waals surface area contributed by atoms with Gasteiger partial charge in [-0.15, -0.1) is 0 Å². The maximum atomic E-state index is 13.9. The predicted molar refractivity (Wildman–Crippen MR) is 172 cm³/mol. The van der Waals surface area contributed by atoms with E-state index in [0.29, 0.717) is 31.9 Å². The number of carbonyl (C=O) groups is 2. The van der Waals surface area contributed by atoms with Gasteiger partial charge in [0.15, 0.2) is 0 Å². The third-order valence-electron chi connectivity index (χ3n) is 7.63. The molecule has 0 atom stereocenters. The quantitative estimate of drug-likeness (QED) is 0.0886. The van der Waals surface area contributed by atoms with Gasteiger partial charge < -0.3 is 0 Å². The molecule has 2 aromatic rings. The van der Waals surface area contributed by atoms with E-state index < -0.39 is 31.1 Å². The summed E-state index contributed by atoms with van der Waals surface area (Å²) in [5.74, 6) is 0.374. The van der Waals surface area contributed by atoms with E-state index in [4.69, 9.17) is 25.1 Å². The molecule has 9 heteroatoms. The van der Waals surface area contributed by atoms with Crippen LogP contribution in [-0.4, -0.2) is 59.6 Å². The predicted octanol–water partition coefficient (Wildman–Crippen LogP) is 8.90. The van der Waals surface area contributed by atoms with Crippen LogP contribution in [0.5, 0.6) is 23.0 Å². The van der Waals surface area contributed by atoms with Crippen LogP contribution in [0.2, 0.25) is 8.87 Å². The van der Waals surface area contributed by atoms with Crippen molar-refractivity contribution >= 4 is 31.1 Å². The van der Waals surface area contributed by atoms with Gasteiger partial charge in [-0.3, -0.25) is 0 Å². The minimum absolute atomic E-state index is 0.254. The molecule has 0 heterocycles. The van der Waals surface area contributed by atoms with E-state index in [1.807, 2.05) is 0 Å². The van der Waals surface area contributed by atoms with Gasteiger partial charge >= 0.3 is 265 Å². The molecule has 0 aliphatic rings. The average molecular weight is 707 g/mol. The van der Waals surface area contributed by atoms with Crippen molar-refractivity contribution in [1.29, 1.82) is 0 Å². The van der Waals surface area contributed by atoms with Gasteiger partial charge in [-0.25, -0.2) is 0 Å². The van der Waals surface area contributed by atoms with Gasteiger partial charge in [-0.05, 0) is 0 Å². The minimum atomic E-state index is -4.45. The number of ether oxygens (including phenoxy) is 4. The molecule has 0 aromatic heterocycles. The van der Waals surface area contributed by atoms with Crippen LogP contribution in [0.15, 0.2) is 36.4 Å². The molecule has 0 saturated carbocycles. The Morgan fingerprint density at radius 2 is 0.907 bits per heavy atom. The van der Waals surface area contributed by atoms with E-state index in [1.165, 1.54) is 54.1 Å². The normalized spacial score (nSPS) is 11.1. The Hall–Kier alpha value is -2.62. The number of para-hydroxylation sites is 2. The Balaban J connectivity index is 2.46. The fourth-order valence-corrected chi connectivity index (χ4v) is 14.3. The molecule has 0 spiro atoms. The summed E-state index contributed by atoms with van der Waals surface area (Å²) in [5.41, 5.74) is 0.507. The molecule has 8 nitrogen and oxygen atoms in total. The van der Waals surface area contributed by atoms with Crippen molar-refractivity contribution in [3.63, 3.8) is 0 Å². The third-order valence-corrected chi connectivity index (χ3v) is 17.2. The van der Waals surface area contributed by atoms with Gasteiger partial charge in [-0.2, -0.15) is 0 Å². The standard InChI is InChI=1S/2C9H10O4.2C8H17.Sn/c2*1-12-7-5-3-4-6(9(10)11)8(7)13-2;2*1-3-5-7-8-6-4-2;/h2*3-5H,1-2H3,(H,10,11);2*1,3-8H2,2H3;/q;;;;+2/p-2. The Morgan fingerprint density at radius 3 is 1.26 bits per heavy atom. The van der Waals surface area contributed by atoms with Gasteiger partial charge in [0.1, 0.15) is 0 Å². The Morgan fingerprint density at radius 1 is 0.535 bits per heavy atom. The fraction of sp³-hybridized carbons (Fsp3) is 0.588. The van der Waals surface area contributed by atoms with Crippen LogP contribution >= 0.6 is 0 Å². The summed E-state index contributed by atoms with van der Waals surface area (Å²) in [6.07, 6.45) is 12.9. The van der Waals surface area contributed by atoms with Crippen molar-refractivity contribution in [3.05, 3.63) is 47.5 Å². The van der Waals surface area contributed by atoms with E-state index in [9.17, 15) is 9.59 Å². The zero-order chi connectivity index (χ0) is 31.5. The molecular formula is C34H52O8Sn. The van der Waals surface area contributed by atoms with E-state index in [1.54, 1.807) is 36.4 Å². The molecule has 0 bridgehead atoms. The number of unbranched alkanes of at least 4 members (excludes halogenated alkanes) is 10. The molecule has 0 aliphatic carbocycles. The summed E-state index contributed by atoms with van der Waals surface area (Å²) in [6.45, 7) is 4.39. The SMILES string of the molecule is CCCCCCC[CH2][Sn]([CH2]CCCCCCC)([O]C(=O)c1cccc(OC)c1OC)[O]C(=O)c1cccc(OC)c1OC. The van der Waals surface area contributed by atoms with Crippen LogP contribution in [0.3, 0.4) is 0 Å². The van der Waals surface area contributed by atoms with Crippen LogP contribution in [0.25, 0.3) is 0 Å². The number of methoxy groups -OCH3 is 4. The molecule has 0 aliphatic heterocycles. The number of carbonyl (C=O) groups excluding carboxylic acids is 2. The van der Waals surface area contributed by atoms with Crippen molar-refractivity contribution in [2.24, 2.45) is 0 Å². The first-order chi connectivity index (χ1) is 20.9. The monoisotopic (exact) mass is 708 g/mol. The van der Waals surface area contributed by atoms with E-state index in [2.05, 4.69) is 13.8 Å². The summed E-state index contributed by atoms with van der Waals surface area (Å²) < 4.78 is 36.0. The average Bonchev–Trinajstić information content (AvgIpc) is 3.03. The van der Waals surface area contributed by atoms with Crippen molar-refractivity contribution in [2.45, 2.75) is 99.8 Å².